The van der Waals surface area contributed by atoms with Crippen molar-refractivity contribution in [3.05, 3.63) is 34.9 Å². The van der Waals surface area contributed by atoms with Crippen molar-refractivity contribution in [3.63, 3.8) is 0 Å². The third-order valence-corrected chi connectivity index (χ3v) is 2.48. The first-order valence-electron chi connectivity index (χ1n) is 5.00. The molecule has 0 atom stereocenters. The molecule has 5 heteroatoms. The first-order chi connectivity index (χ1) is 7.61. The van der Waals surface area contributed by atoms with E-state index in [0.717, 1.165) is 11.1 Å². The predicted molar refractivity (Wildman–Crippen MR) is 52.7 cm³/mol. The number of hydrogen-bond donors (Lipinski definition) is 0. The molecule has 0 aromatic heterocycles. The van der Waals surface area contributed by atoms with Crippen LogP contribution in [0.3, 0.4) is 0 Å². The molecule has 16 heavy (non-hydrogen) atoms. The van der Waals surface area contributed by atoms with Crippen molar-refractivity contribution in [2.24, 2.45) is 0 Å². The van der Waals surface area contributed by atoms with E-state index in [1.165, 1.54) is 13.0 Å². The highest BCUT2D eigenvalue weighted by Gasteiger charge is 2.27. The molecule has 1 heterocycles. The summed E-state index contributed by atoms with van der Waals surface area (Å²) in [5.41, 5.74) is -0.300. The minimum atomic E-state index is -0.858. The number of amides is 1. The molecule has 1 aliphatic heterocycles. The first-order valence-corrected chi connectivity index (χ1v) is 5.00. The lowest BCUT2D eigenvalue weighted by atomic mass is 10.1. The number of benzene rings is 1. The van der Waals surface area contributed by atoms with Crippen molar-refractivity contribution in [2.45, 2.75) is 13.3 Å². The average molecular weight is 227 g/mol. The second kappa shape index (κ2) is 4.17. The highest BCUT2D eigenvalue weighted by molar-refractivity contribution is 5.94. The molecule has 1 amide bonds. The zero-order valence-electron chi connectivity index (χ0n) is 8.80. The Balaban J connectivity index is 2.39. The Morgan fingerprint density at radius 2 is 2.19 bits per heavy atom. The van der Waals surface area contributed by atoms with E-state index in [1.54, 1.807) is 0 Å². The molecule has 2 rings (SSSR count). The van der Waals surface area contributed by atoms with Crippen LogP contribution in [-0.2, 0) is 4.84 Å². The van der Waals surface area contributed by atoms with Crippen LogP contribution in [0.5, 0.6) is 0 Å². The zero-order chi connectivity index (χ0) is 11.7. The molecule has 0 spiro atoms. The van der Waals surface area contributed by atoms with Gasteiger partial charge >= 0.3 is 0 Å². The Morgan fingerprint density at radius 3 is 2.81 bits per heavy atom. The van der Waals surface area contributed by atoms with Crippen LogP contribution in [0, 0.1) is 18.6 Å². The van der Waals surface area contributed by atoms with E-state index < -0.39 is 23.1 Å². The summed E-state index contributed by atoms with van der Waals surface area (Å²) in [5.74, 6) is -2.43. The summed E-state index contributed by atoms with van der Waals surface area (Å²) < 4.78 is 27.0. The summed E-state index contributed by atoms with van der Waals surface area (Å²) in [4.78, 5) is 16.7. The number of hydroxylamine groups is 2. The van der Waals surface area contributed by atoms with Crippen LogP contribution in [0.25, 0.3) is 0 Å². The second-order valence-electron chi connectivity index (χ2n) is 3.65. The molecule has 0 aliphatic carbocycles. The Bertz CT molecular complexity index is 428. The molecule has 0 unspecified atom stereocenters. The van der Waals surface area contributed by atoms with Gasteiger partial charge in [0.15, 0.2) is 0 Å². The monoisotopic (exact) mass is 227 g/mol. The topological polar surface area (TPSA) is 29.5 Å². The van der Waals surface area contributed by atoms with Crippen molar-refractivity contribution in [1.82, 2.24) is 5.06 Å². The molecule has 1 aliphatic rings. The summed E-state index contributed by atoms with van der Waals surface area (Å²) >= 11 is 0. The Labute approximate surface area is 91.6 Å². The van der Waals surface area contributed by atoms with Crippen LogP contribution in [0.15, 0.2) is 12.1 Å². The Morgan fingerprint density at radius 1 is 1.44 bits per heavy atom. The van der Waals surface area contributed by atoms with Gasteiger partial charge < -0.3 is 0 Å². The number of nitrogens with zero attached hydrogens (tertiary/aromatic N) is 1. The van der Waals surface area contributed by atoms with Gasteiger partial charge in [-0.25, -0.2) is 13.8 Å². The first kappa shape index (κ1) is 11.0. The Kier molecular flexibility index (Phi) is 2.87. The van der Waals surface area contributed by atoms with E-state index in [0.29, 0.717) is 19.6 Å². The van der Waals surface area contributed by atoms with Crippen molar-refractivity contribution < 1.29 is 18.4 Å². The summed E-state index contributed by atoms with van der Waals surface area (Å²) in [6, 6.07) is 2.38. The fourth-order valence-electron chi connectivity index (χ4n) is 1.59. The lowest BCUT2D eigenvalue weighted by Gasteiger charge is -2.15. The molecule has 0 saturated carbocycles. The maximum absolute atomic E-state index is 13.6. The molecule has 1 aromatic rings. The van der Waals surface area contributed by atoms with Crippen molar-refractivity contribution in [3.8, 4) is 0 Å². The smallest absolute Gasteiger partial charge is 0.271 e. The molecule has 1 saturated heterocycles. The number of aryl methyl sites for hydroxylation is 1. The largest absolute Gasteiger partial charge is 0.283 e. The highest BCUT2D eigenvalue weighted by Crippen LogP contribution is 2.20. The molecule has 0 bridgehead atoms. The maximum atomic E-state index is 13.6. The van der Waals surface area contributed by atoms with Crippen molar-refractivity contribution >= 4 is 5.91 Å². The van der Waals surface area contributed by atoms with E-state index >= 15 is 0 Å². The van der Waals surface area contributed by atoms with Crippen LogP contribution in [0.1, 0.15) is 22.3 Å². The summed E-state index contributed by atoms with van der Waals surface area (Å²) in [6.07, 6.45) is 0.681. The number of carbonyl (C=O) groups is 1. The minimum Gasteiger partial charge on any atom is -0.271 e. The molecule has 0 N–H and O–H groups in total. The van der Waals surface area contributed by atoms with Gasteiger partial charge in [-0.2, -0.15) is 0 Å². The average Bonchev–Trinajstić information content (AvgIpc) is 2.77. The van der Waals surface area contributed by atoms with Crippen molar-refractivity contribution in [2.75, 3.05) is 13.2 Å². The second-order valence-corrected chi connectivity index (χ2v) is 3.65. The number of carbonyl (C=O) groups excluding carboxylic acids is 1. The normalized spacial score (nSPS) is 15.6. The molecular formula is C11H11F2NO2. The highest BCUT2D eigenvalue weighted by atomic mass is 19.1. The van der Waals surface area contributed by atoms with E-state index in [-0.39, 0.29) is 5.56 Å². The summed E-state index contributed by atoms with van der Waals surface area (Å²) in [5, 5.41) is 1.00. The van der Waals surface area contributed by atoms with Gasteiger partial charge in [-0.1, -0.05) is 6.07 Å². The standard InChI is InChI=1S/C11H11F2NO2/c1-7-3-4-8(12)9(10(7)13)11(15)14-5-2-6-16-14/h3-4H,2,5-6H2,1H3. The number of hydrogen-bond acceptors (Lipinski definition) is 2. The van der Waals surface area contributed by atoms with Gasteiger partial charge in [-0.3, -0.25) is 9.63 Å². The van der Waals surface area contributed by atoms with Crippen molar-refractivity contribution in [1.29, 1.82) is 0 Å². The molecule has 86 valence electrons. The Hall–Kier alpha value is -1.49. The van der Waals surface area contributed by atoms with Crippen LogP contribution >= 0.6 is 0 Å². The molecule has 1 fully saturated rings. The lowest BCUT2D eigenvalue weighted by Crippen LogP contribution is -2.28. The summed E-state index contributed by atoms with van der Waals surface area (Å²) in [7, 11) is 0. The fraction of sp³-hybridized carbons (Fsp3) is 0.364. The number of halogens is 2. The van der Waals surface area contributed by atoms with Crippen LogP contribution in [0.2, 0.25) is 0 Å². The third-order valence-electron chi connectivity index (χ3n) is 2.48. The molecule has 0 radical (unpaired) electrons. The summed E-state index contributed by atoms with van der Waals surface area (Å²) in [6.45, 7) is 2.25. The van der Waals surface area contributed by atoms with E-state index in [2.05, 4.69) is 0 Å². The van der Waals surface area contributed by atoms with Gasteiger partial charge in [0.2, 0.25) is 0 Å². The van der Waals surface area contributed by atoms with Gasteiger partial charge in [-0.05, 0) is 25.0 Å². The quantitative estimate of drug-likeness (QED) is 0.734. The van der Waals surface area contributed by atoms with E-state index in [9.17, 15) is 13.6 Å². The SMILES string of the molecule is Cc1ccc(F)c(C(=O)N2CCCO2)c1F. The van der Waals surface area contributed by atoms with Gasteiger partial charge in [0.05, 0.1) is 13.2 Å². The predicted octanol–water partition coefficient (Wildman–Crippen LogP) is 2.05. The number of rotatable bonds is 1. The third kappa shape index (κ3) is 1.78. The molecule has 1 aromatic carbocycles. The zero-order valence-corrected chi connectivity index (χ0v) is 8.80. The van der Waals surface area contributed by atoms with Gasteiger partial charge in [0.25, 0.3) is 5.91 Å². The van der Waals surface area contributed by atoms with Gasteiger partial charge in [0.1, 0.15) is 17.2 Å². The molecule has 3 nitrogen and oxygen atoms in total. The van der Waals surface area contributed by atoms with E-state index in [1.807, 2.05) is 0 Å². The fourth-order valence-corrected chi connectivity index (χ4v) is 1.59. The minimum absolute atomic E-state index is 0.240. The lowest BCUT2D eigenvalue weighted by molar-refractivity contribution is -0.0773. The van der Waals surface area contributed by atoms with Gasteiger partial charge in [0, 0.05) is 0 Å². The van der Waals surface area contributed by atoms with Gasteiger partial charge in [-0.15, -0.1) is 0 Å². The van der Waals surface area contributed by atoms with E-state index in [4.69, 9.17) is 4.84 Å². The van der Waals surface area contributed by atoms with Crippen LogP contribution < -0.4 is 0 Å². The van der Waals surface area contributed by atoms with Crippen LogP contribution in [-0.4, -0.2) is 24.1 Å². The maximum Gasteiger partial charge on any atom is 0.283 e. The molecular weight excluding hydrogens is 216 g/mol. The van der Waals surface area contributed by atoms with Crippen LogP contribution in [0.4, 0.5) is 8.78 Å².